The Morgan fingerprint density at radius 1 is 0.655 bits per heavy atom. The van der Waals surface area contributed by atoms with Crippen molar-refractivity contribution in [2.75, 3.05) is 0 Å². The Kier molecular flexibility index (Phi) is 16.2. The molecule has 2 N–H and O–H groups in total. The van der Waals surface area contributed by atoms with E-state index in [9.17, 15) is 0 Å². The van der Waals surface area contributed by atoms with Gasteiger partial charge in [0.05, 0.1) is 10.0 Å². The Bertz CT molecular complexity index is 730. The summed E-state index contributed by atoms with van der Waals surface area (Å²) in [5.41, 5.74) is 0. The molecule has 0 amide bonds. The van der Waals surface area contributed by atoms with E-state index in [0.717, 1.165) is 12.8 Å². The summed E-state index contributed by atoms with van der Waals surface area (Å²) in [4.78, 5) is 0. The van der Waals surface area contributed by atoms with Crippen molar-refractivity contribution in [3.8, 4) is 11.5 Å². The normalized spacial score (nSPS) is 12.0. The third kappa shape index (κ3) is 12.4. The van der Waals surface area contributed by atoms with Gasteiger partial charge in [-0.05, 0) is 24.3 Å². The van der Waals surface area contributed by atoms with Crippen LogP contribution in [0.1, 0.15) is 12.8 Å². The average Bonchev–Trinajstić information content (AvgIpc) is 3.43. The van der Waals surface area contributed by atoms with Gasteiger partial charge in [0.15, 0.2) is 0 Å². The minimum atomic E-state index is 0. The number of allylic oxidation sites excluding steroid dienone is 8. The van der Waals surface area contributed by atoms with Gasteiger partial charge in [0.2, 0.25) is 0 Å². The van der Waals surface area contributed by atoms with Gasteiger partial charge in [-0.3, -0.25) is 12.2 Å². The molecule has 7 heteroatoms. The van der Waals surface area contributed by atoms with Gasteiger partial charge in [0.1, 0.15) is 21.5 Å². The first-order valence-corrected chi connectivity index (χ1v) is 9.64. The molecule has 2 aromatic rings. The van der Waals surface area contributed by atoms with Crippen molar-refractivity contribution >= 4 is 46.4 Å². The van der Waals surface area contributed by atoms with Crippen LogP contribution >= 0.6 is 46.4 Å². The molecule has 0 atom stereocenters. The maximum absolute atomic E-state index is 8.88. The number of hydrogen-bond donors (Lipinski definition) is 2. The van der Waals surface area contributed by atoms with E-state index in [1.54, 1.807) is 24.3 Å². The first kappa shape index (κ1) is 28.0. The van der Waals surface area contributed by atoms with Crippen molar-refractivity contribution in [3.05, 3.63) is 105 Å². The van der Waals surface area contributed by atoms with Gasteiger partial charge >= 0.3 is 26.2 Å². The third-order valence-corrected chi connectivity index (χ3v) is 4.65. The van der Waals surface area contributed by atoms with Crippen molar-refractivity contribution < 1.29 is 36.4 Å². The second-order valence-corrected chi connectivity index (χ2v) is 6.72. The zero-order valence-corrected chi connectivity index (χ0v) is 20.7. The molecule has 4 rings (SSSR count). The van der Waals surface area contributed by atoms with Crippen LogP contribution in [0.3, 0.4) is 0 Å². The van der Waals surface area contributed by atoms with Gasteiger partial charge in [-0.25, -0.2) is 24.3 Å². The van der Waals surface area contributed by atoms with E-state index in [1.807, 2.05) is 24.3 Å². The standard InChI is InChI=1S/2C6H4Cl2O.2C5H5.Zr/c2*7-4-2-1-3-5(9)6(4)8;2*1-2-4-5-3-1;/h2*1-3,9H;2*1-3H,4H2;/q;;2*-1;+2. The molecular formula is C22H18Cl4O2Zr. The summed E-state index contributed by atoms with van der Waals surface area (Å²) in [6, 6.07) is 9.45. The summed E-state index contributed by atoms with van der Waals surface area (Å²) in [5, 5.41) is 18.9. The number of rotatable bonds is 0. The fourth-order valence-electron chi connectivity index (χ4n) is 1.67. The van der Waals surface area contributed by atoms with E-state index in [4.69, 9.17) is 56.6 Å². The summed E-state index contributed by atoms with van der Waals surface area (Å²) in [5.74, 6) is 0.0355. The van der Waals surface area contributed by atoms with Crippen LogP contribution in [0, 0.1) is 12.2 Å². The molecule has 0 aliphatic heterocycles. The van der Waals surface area contributed by atoms with E-state index >= 15 is 0 Å². The molecule has 0 saturated carbocycles. The molecule has 2 aliphatic rings. The number of halogens is 4. The van der Waals surface area contributed by atoms with Gasteiger partial charge in [-0.2, -0.15) is 12.2 Å². The molecule has 0 heterocycles. The molecule has 0 fully saturated rings. The van der Waals surface area contributed by atoms with E-state index in [2.05, 4.69) is 24.3 Å². The van der Waals surface area contributed by atoms with Gasteiger partial charge in [-0.1, -0.05) is 58.5 Å². The molecular weight excluding hydrogens is 529 g/mol. The fourth-order valence-corrected chi connectivity index (χ4v) is 2.26. The zero-order valence-electron chi connectivity index (χ0n) is 15.2. The van der Waals surface area contributed by atoms with Crippen molar-refractivity contribution in [2.24, 2.45) is 0 Å². The predicted octanol–water partition coefficient (Wildman–Crippen LogP) is 8.01. The monoisotopic (exact) mass is 544 g/mol. The van der Waals surface area contributed by atoms with Crippen molar-refractivity contribution in [1.82, 2.24) is 0 Å². The van der Waals surface area contributed by atoms with Crippen LogP contribution < -0.4 is 0 Å². The molecule has 2 aromatic carbocycles. The van der Waals surface area contributed by atoms with Crippen molar-refractivity contribution in [3.63, 3.8) is 0 Å². The SMILES string of the molecule is Oc1cccc(Cl)c1Cl.Oc1cccc(Cl)c1Cl.[C-]1=CC=CC1.[C-]1=CC=CC1.[Zr+2]. The molecule has 0 unspecified atom stereocenters. The van der Waals surface area contributed by atoms with Crippen LogP contribution in [-0.4, -0.2) is 10.2 Å². The van der Waals surface area contributed by atoms with Crippen LogP contribution in [0.15, 0.2) is 72.9 Å². The van der Waals surface area contributed by atoms with Crippen LogP contribution in [0.5, 0.6) is 11.5 Å². The predicted molar refractivity (Wildman–Crippen MR) is 119 cm³/mol. The van der Waals surface area contributed by atoms with Gasteiger partial charge in [0, 0.05) is 0 Å². The third-order valence-electron chi connectivity index (χ3n) is 3.03. The number of benzene rings is 2. The van der Waals surface area contributed by atoms with E-state index in [1.165, 1.54) is 12.1 Å². The van der Waals surface area contributed by atoms with Crippen molar-refractivity contribution in [2.45, 2.75) is 12.8 Å². The Morgan fingerprint density at radius 3 is 1.21 bits per heavy atom. The summed E-state index contributed by atoms with van der Waals surface area (Å²) < 4.78 is 0. The minimum absolute atomic E-state index is 0. The maximum atomic E-state index is 8.88. The quantitative estimate of drug-likeness (QED) is 0.328. The Balaban J connectivity index is 0.000000369. The number of hydrogen-bond acceptors (Lipinski definition) is 2. The number of phenolic OH excluding ortho intramolecular Hbond substituents is 2. The molecule has 2 aliphatic carbocycles. The Morgan fingerprint density at radius 2 is 1.03 bits per heavy atom. The fraction of sp³-hybridized carbons (Fsp3) is 0.0909. The summed E-state index contributed by atoms with van der Waals surface area (Å²) in [7, 11) is 0. The second-order valence-electron chi connectivity index (χ2n) is 5.15. The molecule has 0 spiro atoms. The number of phenols is 2. The first-order valence-electron chi connectivity index (χ1n) is 8.13. The zero-order chi connectivity index (χ0) is 20.8. The number of aromatic hydroxyl groups is 2. The maximum Gasteiger partial charge on any atom is 2.00 e. The van der Waals surface area contributed by atoms with Gasteiger partial charge in [0.25, 0.3) is 0 Å². The minimum Gasteiger partial charge on any atom is -0.506 e. The average molecular weight is 547 g/mol. The largest absolute Gasteiger partial charge is 2.00 e. The molecule has 0 saturated heterocycles. The van der Waals surface area contributed by atoms with Crippen molar-refractivity contribution in [1.29, 1.82) is 0 Å². The first-order chi connectivity index (χ1) is 13.4. The van der Waals surface area contributed by atoms with Crippen LogP contribution in [0.2, 0.25) is 20.1 Å². The van der Waals surface area contributed by atoms with Crippen LogP contribution in [0.4, 0.5) is 0 Å². The summed E-state index contributed by atoms with van der Waals surface area (Å²) >= 11 is 22.0. The van der Waals surface area contributed by atoms with E-state index < -0.39 is 0 Å². The molecule has 0 aromatic heterocycles. The Labute approximate surface area is 210 Å². The Hall–Kier alpha value is -0.957. The van der Waals surface area contributed by atoms with Gasteiger partial charge in [-0.15, -0.1) is 12.8 Å². The topological polar surface area (TPSA) is 40.5 Å². The molecule has 0 bridgehead atoms. The van der Waals surface area contributed by atoms with Crippen LogP contribution in [0.25, 0.3) is 0 Å². The van der Waals surface area contributed by atoms with Gasteiger partial charge < -0.3 is 10.2 Å². The summed E-state index contributed by atoms with van der Waals surface area (Å²) in [6.07, 6.45) is 20.0. The van der Waals surface area contributed by atoms with E-state index in [0.29, 0.717) is 10.0 Å². The molecule has 150 valence electrons. The van der Waals surface area contributed by atoms with E-state index in [-0.39, 0.29) is 47.7 Å². The molecule has 2 nitrogen and oxygen atoms in total. The van der Waals surface area contributed by atoms with Crippen LogP contribution in [-0.2, 0) is 26.2 Å². The summed E-state index contributed by atoms with van der Waals surface area (Å²) in [6.45, 7) is 0. The smallest absolute Gasteiger partial charge is 0.506 e. The molecule has 29 heavy (non-hydrogen) atoms. The second kappa shape index (κ2) is 16.8. The molecule has 0 radical (unpaired) electrons.